The molecule has 1 fully saturated rings. The summed E-state index contributed by atoms with van der Waals surface area (Å²) in [6.07, 6.45) is 1.06. The molecule has 1 saturated heterocycles. The number of likely N-dealkylation sites (tertiary alicyclic amines) is 1. The molecule has 3 heterocycles. The zero-order valence-electron chi connectivity index (χ0n) is 16.4. The summed E-state index contributed by atoms with van der Waals surface area (Å²) in [5.74, 6) is 1.20. The van der Waals surface area contributed by atoms with Gasteiger partial charge < -0.3 is 10.1 Å². The van der Waals surface area contributed by atoms with Crippen LogP contribution < -0.4 is 5.32 Å². The first-order valence-electron chi connectivity index (χ1n) is 9.44. The lowest BCUT2D eigenvalue weighted by atomic mass is 10.2. The maximum atomic E-state index is 12.1. The van der Waals surface area contributed by atoms with Crippen molar-refractivity contribution >= 4 is 33.3 Å². The van der Waals surface area contributed by atoms with Crippen LogP contribution in [0.25, 0.3) is 10.2 Å². The number of aromatic nitrogens is 2. The zero-order valence-corrected chi connectivity index (χ0v) is 17.2. The first-order chi connectivity index (χ1) is 13.5. The Morgan fingerprint density at radius 2 is 2.07 bits per heavy atom. The third-order valence-electron chi connectivity index (χ3n) is 5.13. The number of rotatable bonds is 5. The average molecular weight is 397 g/mol. The summed E-state index contributed by atoms with van der Waals surface area (Å²) in [6.45, 7) is 6.79. The third kappa shape index (κ3) is 3.72. The van der Waals surface area contributed by atoms with Gasteiger partial charge in [0.15, 0.2) is 0 Å². The zero-order chi connectivity index (χ0) is 19.7. The van der Waals surface area contributed by atoms with E-state index in [0.717, 1.165) is 47.7 Å². The molecule has 0 aliphatic carbocycles. The van der Waals surface area contributed by atoms with Crippen molar-refractivity contribution in [3.05, 3.63) is 52.2 Å². The number of fused-ring (bicyclic) bond motifs is 1. The molecule has 0 saturated carbocycles. The van der Waals surface area contributed by atoms with Crippen molar-refractivity contribution < 1.29 is 9.53 Å². The normalized spacial score (nSPS) is 17.2. The Morgan fingerprint density at radius 1 is 1.29 bits per heavy atom. The maximum absolute atomic E-state index is 12.1. The van der Waals surface area contributed by atoms with Gasteiger partial charge in [-0.1, -0.05) is 30.3 Å². The van der Waals surface area contributed by atoms with Gasteiger partial charge in [0.1, 0.15) is 21.3 Å². The van der Waals surface area contributed by atoms with Crippen LogP contribution in [-0.4, -0.2) is 47.1 Å². The van der Waals surface area contributed by atoms with Crippen LogP contribution in [0.5, 0.6) is 0 Å². The van der Waals surface area contributed by atoms with E-state index in [1.165, 1.54) is 24.0 Å². The fourth-order valence-electron chi connectivity index (χ4n) is 3.77. The Bertz CT molecular complexity index is 1000. The topological polar surface area (TPSA) is 67.3 Å². The van der Waals surface area contributed by atoms with E-state index in [0.29, 0.717) is 16.7 Å². The van der Waals surface area contributed by atoms with Crippen LogP contribution in [0.3, 0.4) is 0 Å². The quantitative estimate of drug-likeness (QED) is 0.662. The molecular formula is C21H24N4O2S. The highest BCUT2D eigenvalue weighted by molar-refractivity contribution is 7.20. The van der Waals surface area contributed by atoms with Crippen molar-refractivity contribution in [1.82, 2.24) is 14.9 Å². The van der Waals surface area contributed by atoms with Gasteiger partial charge in [-0.15, -0.1) is 11.3 Å². The van der Waals surface area contributed by atoms with E-state index in [2.05, 4.69) is 44.5 Å². The Kier molecular flexibility index (Phi) is 5.28. The molecule has 1 aromatic carbocycles. The predicted octanol–water partition coefficient (Wildman–Crippen LogP) is 3.78. The predicted molar refractivity (Wildman–Crippen MR) is 112 cm³/mol. The molecule has 28 heavy (non-hydrogen) atoms. The number of methoxy groups -OCH3 is 1. The Morgan fingerprint density at radius 3 is 2.82 bits per heavy atom. The maximum Gasteiger partial charge on any atom is 0.348 e. The summed E-state index contributed by atoms with van der Waals surface area (Å²) in [7, 11) is 1.40. The molecule has 146 valence electrons. The summed E-state index contributed by atoms with van der Waals surface area (Å²) < 4.78 is 4.92. The van der Waals surface area contributed by atoms with E-state index >= 15 is 0 Å². The monoisotopic (exact) mass is 396 g/mol. The van der Waals surface area contributed by atoms with Gasteiger partial charge in [-0.2, -0.15) is 0 Å². The van der Waals surface area contributed by atoms with Gasteiger partial charge in [-0.05, 0) is 31.4 Å². The Balaban J connectivity index is 1.55. The van der Waals surface area contributed by atoms with Crippen LogP contribution in [0.15, 0.2) is 30.3 Å². The molecule has 0 bridgehead atoms. The number of esters is 1. The van der Waals surface area contributed by atoms with Crippen LogP contribution in [0.1, 0.15) is 33.0 Å². The molecule has 6 nitrogen and oxygen atoms in total. The Labute approximate surface area is 168 Å². The lowest BCUT2D eigenvalue weighted by molar-refractivity contribution is 0.0605. The molecule has 3 aromatic rings. The van der Waals surface area contributed by atoms with E-state index in [4.69, 9.17) is 4.74 Å². The van der Waals surface area contributed by atoms with Gasteiger partial charge in [0.2, 0.25) is 0 Å². The largest absolute Gasteiger partial charge is 0.465 e. The second-order valence-corrected chi connectivity index (χ2v) is 8.20. The van der Waals surface area contributed by atoms with Crippen LogP contribution in [-0.2, 0) is 11.3 Å². The minimum absolute atomic E-state index is 0.320. The number of nitrogens with one attached hydrogen (secondary N) is 1. The molecule has 1 aliphatic heterocycles. The molecule has 7 heteroatoms. The summed E-state index contributed by atoms with van der Waals surface area (Å²) in [6, 6.07) is 10.9. The minimum atomic E-state index is -0.320. The molecule has 4 rings (SSSR count). The number of carbonyl (C=O) groups is 1. The van der Waals surface area contributed by atoms with Crippen LogP contribution >= 0.6 is 11.3 Å². The number of nitrogens with zero attached hydrogens (tertiary/aromatic N) is 3. The van der Waals surface area contributed by atoms with Crippen LogP contribution in [0.2, 0.25) is 0 Å². The van der Waals surface area contributed by atoms with Crippen molar-refractivity contribution in [3.63, 3.8) is 0 Å². The molecule has 0 radical (unpaired) electrons. The highest BCUT2D eigenvalue weighted by Gasteiger charge is 2.25. The van der Waals surface area contributed by atoms with Gasteiger partial charge in [0.25, 0.3) is 0 Å². The van der Waals surface area contributed by atoms with Crippen molar-refractivity contribution in [2.24, 2.45) is 0 Å². The summed E-state index contributed by atoms with van der Waals surface area (Å²) in [5.41, 5.74) is 2.22. The van der Waals surface area contributed by atoms with Gasteiger partial charge in [0.05, 0.1) is 12.5 Å². The summed E-state index contributed by atoms with van der Waals surface area (Å²) in [4.78, 5) is 25.1. The van der Waals surface area contributed by atoms with Gasteiger partial charge in [-0.3, -0.25) is 4.90 Å². The van der Waals surface area contributed by atoms with E-state index in [-0.39, 0.29) is 5.97 Å². The highest BCUT2D eigenvalue weighted by Crippen LogP contribution is 2.35. The van der Waals surface area contributed by atoms with E-state index in [9.17, 15) is 4.79 Å². The SMILES string of the molecule is COC(=O)c1sc2nc(C)nc(N[C@H]3CCN(Cc4ccccc4)C3)c2c1C. The molecule has 1 aliphatic rings. The number of carbonyl (C=O) groups excluding carboxylic acids is 1. The van der Waals surface area contributed by atoms with Crippen molar-refractivity contribution in [2.45, 2.75) is 32.9 Å². The van der Waals surface area contributed by atoms with Crippen molar-refractivity contribution in [1.29, 1.82) is 0 Å². The van der Waals surface area contributed by atoms with E-state index < -0.39 is 0 Å². The van der Waals surface area contributed by atoms with Crippen molar-refractivity contribution in [2.75, 3.05) is 25.5 Å². The third-order valence-corrected chi connectivity index (χ3v) is 6.30. The minimum Gasteiger partial charge on any atom is -0.465 e. The molecule has 2 aromatic heterocycles. The number of ether oxygens (including phenoxy) is 1. The summed E-state index contributed by atoms with van der Waals surface area (Å²) >= 11 is 1.37. The first kappa shape index (κ1) is 18.8. The standard InChI is InChI=1S/C21H24N4O2S/c1-13-17-19(22-14(2)23-20(17)28-18(13)21(26)27-3)24-16-9-10-25(12-16)11-15-7-5-4-6-8-15/h4-8,16H,9-12H2,1-3H3,(H,22,23,24)/t16-/m0/s1. The lowest BCUT2D eigenvalue weighted by Gasteiger charge is -2.18. The van der Waals surface area contributed by atoms with E-state index in [1.807, 2.05) is 19.9 Å². The molecule has 1 N–H and O–H groups in total. The number of benzene rings is 1. The fraction of sp³-hybridized carbons (Fsp3) is 0.381. The highest BCUT2D eigenvalue weighted by atomic mass is 32.1. The number of anilines is 1. The lowest BCUT2D eigenvalue weighted by Crippen LogP contribution is -2.26. The first-order valence-corrected chi connectivity index (χ1v) is 10.3. The molecule has 1 atom stereocenters. The van der Waals surface area contributed by atoms with Crippen LogP contribution in [0.4, 0.5) is 5.82 Å². The second kappa shape index (κ2) is 7.85. The number of thiophene rings is 1. The van der Waals surface area contributed by atoms with Crippen LogP contribution in [0, 0.1) is 13.8 Å². The molecule has 0 unspecified atom stereocenters. The van der Waals surface area contributed by atoms with Gasteiger partial charge in [0, 0.05) is 25.7 Å². The number of aryl methyl sites for hydroxylation is 2. The molecular weight excluding hydrogens is 372 g/mol. The molecule has 0 amide bonds. The average Bonchev–Trinajstić information content (AvgIpc) is 3.26. The smallest absolute Gasteiger partial charge is 0.348 e. The molecule has 0 spiro atoms. The second-order valence-electron chi connectivity index (χ2n) is 7.20. The number of hydrogen-bond donors (Lipinski definition) is 1. The fourth-order valence-corrected chi connectivity index (χ4v) is 4.91. The van der Waals surface area contributed by atoms with E-state index in [1.54, 1.807) is 0 Å². The Hall–Kier alpha value is -2.51. The summed E-state index contributed by atoms with van der Waals surface area (Å²) in [5, 5.41) is 4.54. The van der Waals surface area contributed by atoms with Gasteiger partial charge in [-0.25, -0.2) is 14.8 Å². The van der Waals surface area contributed by atoms with Crippen molar-refractivity contribution in [3.8, 4) is 0 Å². The number of hydrogen-bond acceptors (Lipinski definition) is 7. The van der Waals surface area contributed by atoms with Gasteiger partial charge >= 0.3 is 5.97 Å².